The van der Waals surface area contributed by atoms with Crippen molar-refractivity contribution in [3.05, 3.63) is 34.7 Å². The van der Waals surface area contributed by atoms with Gasteiger partial charge in [0, 0.05) is 23.2 Å². The van der Waals surface area contributed by atoms with Crippen LogP contribution in [0.2, 0.25) is 0 Å². The number of rotatable bonds is 5. The van der Waals surface area contributed by atoms with Crippen molar-refractivity contribution >= 4 is 29.0 Å². The lowest BCUT2D eigenvalue weighted by Crippen LogP contribution is -2.45. The Bertz CT molecular complexity index is 699. The second kappa shape index (κ2) is 7.73. The zero-order valence-electron chi connectivity index (χ0n) is 13.3. The highest BCUT2D eigenvalue weighted by molar-refractivity contribution is 7.09. The van der Waals surface area contributed by atoms with Gasteiger partial charge < -0.3 is 10.6 Å². The third-order valence-corrected chi connectivity index (χ3v) is 3.90. The molecule has 0 saturated carbocycles. The third kappa shape index (κ3) is 4.79. The van der Waals surface area contributed by atoms with Gasteiger partial charge in [-0.25, -0.2) is 9.78 Å². The molecule has 122 valence electrons. The summed E-state index contributed by atoms with van der Waals surface area (Å²) in [6, 6.07) is 6.66. The number of thiazole rings is 1. The topological polar surface area (TPSA) is 83.1 Å². The molecule has 0 aliphatic rings. The van der Waals surface area contributed by atoms with Gasteiger partial charge in [0.1, 0.15) is 6.04 Å². The monoisotopic (exact) mass is 332 g/mol. The van der Waals surface area contributed by atoms with E-state index in [-0.39, 0.29) is 5.91 Å². The molecular weight excluding hydrogens is 312 g/mol. The number of carbonyl (C=O) groups excluding carboxylic acids is 2. The van der Waals surface area contributed by atoms with Crippen LogP contribution in [0.1, 0.15) is 18.9 Å². The molecule has 2 rings (SSSR count). The van der Waals surface area contributed by atoms with E-state index in [0.29, 0.717) is 6.54 Å². The second-order valence-corrected chi connectivity index (χ2v) is 6.11. The van der Waals surface area contributed by atoms with E-state index in [9.17, 15) is 9.59 Å². The van der Waals surface area contributed by atoms with Crippen LogP contribution in [0.15, 0.2) is 29.6 Å². The Morgan fingerprint density at radius 1 is 1.35 bits per heavy atom. The van der Waals surface area contributed by atoms with Gasteiger partial charge in [0.15, 0.2) is 0 Å². The van der Waals surface area contributed by atoms with Crippen molar-refractivity contribution < 1.29 is 9.59 Å². The van der Waals surface area contributed by atoms with Gasteiger partial charge >= 0.3 is 6.03 Å². The van der Waals surface area contributed by atoms with E-state index in [0.717, 1.165) is 22.0 Å². The molecule has 6 nitrogen and oxygen atoms in total. The number of nitrogens with one attached hydrogen (secondary N) is 3. The minimum Gasteiger partial charge on any atom is -0.374 e. The largest absolute Gasteiger partial charge is 0.374 e. The first-order chi connectivity index (χ1) is 11.0. The molecule has 1 aromatic heterocycles. The van der Waals surface area contributed by atoms with Crippen LogP contribution in [0.3, 0.4) is 0 Å². The lowest BCUT2D eigenvalue weighted by Gasteiger charge is -2.15. The highest BCUT2D eigenvalue weighted by Crippen LogP contribution is 2.24. The molecule has 1 heterocycles. The molecule has 23 heavy (non-hydrogen) atoms. The van der Waals surface area contributed by atoms with Crippen molar-refractivity contribution in [3.63, 3.8) is 0 Å². The molecule has 1 atom stereocenters. The molecule has 3 amide bonds. The Hall–Kier alpha value is -2.41. The average Bonchev–Trinajstić information content (AvgIpc) is 2.94. The molecule has 0 saturated heterocycles. The number of anilines is 1. The maximum atomic E-state index is 11.9. The number of hydrogen-bond donors (Lipinski definition) is 3. The number of hydrogen-bond acceptors (Lipinski definition) is 5. The lowest BCUT2D eigenvalue weighted by atomic mass is 10.1. The van der Waals surface area contributed by atoms with Crippen molar-refractivity contribution in [1.29, 1.82) is 0 Å². The molecule has 2 aromatic rings. The van der Waals surface area contributed by atoms with E-state index in [4.69, 9.17) is 0 Å². The fourth-order valence-electron chi connectivity index (χ4n) is 2.00. The Labute approximate surface area is 139 Å². The van der Waals surface area contributed by atoms with Crippen molar-refractivity contribution in [2.24, 2.45) is 0 Å². The van der Waals surface area contributed by atoms with Crippen LogP contribution in [-0.4, -0.2) is 29.5 Å². The molecule has 0 bridgehead atoms. The molecular formula is C16H20N4O2S. The summed E-state index contributed by atoms with van der Waals surface area (Å²) in [5, 5.41) is 10.9. The van der Waals surface area contributed by atoms with Crippen LogP contribution < -0.4 is 16.0 Å². The zero-order valence-corrected chi connectivity index (χ0v) is 14.2. The molecule has 1 aromatic carbocycles. The van der Waals surface area contributed by atoms with Crippen LogP contribution in [0.5, 0.6) is 0 Å². The van der Waals surface area contributed by atoms with Crippen LogP contribution >= 0.6 is 11.3 Å². The van der Waals surface area contributed by atoms with Crippen molar-refractivity contribution in [2.45, 2.75) is 26.8 Å². The summed E-state index contributed by atoms with van der Waals surface area (Å²) >= 11 is 1.60. The van der Waals surface area contributed by atoms with E-state index in [1.807, 2.05) is 36.6 Å². The maximum absolute atomic E-state index is 11.9. The first-order valence-electron chi connectivity index (χ1n) is 7.37. The Morgan fingerprint density at radius 3 is 2.78 bits per heavy atom. The van der Waals surface area contributed by atoms with Crippen molar-refractivity contribution in [2.75, 3.05) is 11.9 Å². The number of urea groups is 1. The first kappa shape index (κ1) is 17.0. The van der Waals surface area contributed by atoms with E-state index < -0.39 is 12.1 Å². The summed E-state index contributed by atoms with van der Waals surface area (Å²) in [5.74, 6) is -0.383. The predicted octanol–water partition coefficient (Wildman–Crippen LogP) is 2.76. The number of aromatic nitrogens is 1. The summed E-state index contributed by atoms with van der Waals surface area (Å²) in [4.78, 5) is 27.8. The molecule has 0 fully saturated rings. The van der Waals surface area contributed by atoms with E-state index >= 15 is 0 Å². The van der Waals surface area contributed by atoms with Crippen LogP contribution in [0.25, 0.3) is 11.3 Å². The Kier molecular flexibility index (Phi) is 5.70. The van der Waals surface area contributed by atoms with Crippen LogP contribution in [-0.2, 0) is 4.79 Å². The van der Waals surface area contributed by atoms with Gasteiger partial charge in [-0.2, -0.15) is 0 Å². The molecule has 0 radical (unpaired) electrons. The van der Waals surface area contributed by atoms with Gasteiger partial charge in [-0.3, -0.25) is 10.1 Å². The molecule has 0 aliphatic carbocycles. The number of aryl methyl sites for hydroxylation is 1. The molecule has 0 spiro atoms. The molecule has 3 N–H and O–H groups in total. The summed E-state index contributed by atoms with van der Waals surface area (Å²) in [6.45, 7) is 5.92. The summed E-state index contributed by atoms with van der Waals surface area (Å²) in [5.41, 5.74) is 2.69. The third-order valence-electron chi connectivity index (χ3n) is 3.13. The average molecular weight is 332 g/mol. The minimum absolute atomic E-state index is 0.383. The highest BCUT2D eigenvalue weighted by Gasteiger charge is 2.15. The Morgan fingerprint density at radius 2 is 2.13 bits per heavy atom. The van der Waals surface area contributed by atoms with Gasteiger partial charge in [0.2, 0.25) is 5.91 Å². The number of imide groups is 1. The van der Waals surface area contributed by atoms with Gasteiger partial charge in [0.25, 0.3) is 0 Å². The fourth-order valence-corrected chi connectivity index (χ4v) is 2.63. The molecule has 0 aliphatic heterocycles. The number of benzene rings is 1. The van der Waals surface area contributed by atoms with Gasteiger partial charge in [-0.1, -0.05) is 12.1 Å². The zero-order chi connectivity index (χ0) is 16.8. The Balaban J connectivity index is 2.02. The summed E-state index contributed by atoms with van der Waals surface area (Å²) in [6.07, 6.45) is 0. The number of carbonyl (C=O) groups is 2. The smallest absolute Gasteiger partial charge is 0.321 e. The van der Waals surface area contributed by atoms with Gasteiger partial charge in [-0.15, -0.1) is 11.3 Å². The normalized spacial score (nSPS) is 11.6. The highest BCUT2D eigenvalue weighted by atomic mass is 32.1. The first-order valence-corrected chi connectivity index (χ1v) is 8.25. The van der Waals surface area contributed by atoms with Gasteiger partial charge in [0.05, 0.1) is 10.7 Å². The van der Waals surface area contributed by atoms with E-state index in [1.165, 1.54) is 0 Å². The summed E-state index contributed by atoms with van der Waals surface area (Å²) < 4.78 is 0. The molecule has 7 heteroatoms. The van der Waals surface area contributed by atoms with Gasteiger partial charge in [-0.05, 0) is 32.9 Å². The standard InChI is InChI=1S/C16H20N4O2S/c1-4-17-16(22)20-15(21)10(2)18-13-7-5-6-12(8-13)14-9-23-11(3)19-14/h5-10,18H,4H2,1-3H3,(H2,17,20,21,22). The second-order valence-electron chi connectivity index (χ2n) is 5.05. The maximum Gasteiger partial charge on any atom is 0.321 e. The van der Waals surface area contributed by atoms with Crippen LogP contribution in [0.4, 0.5) is 10.5 Å². The predicted molar refractivity (Wildman–Crippen MR) is 92.6 cm³/mol. The number of amides is 3. The van der Waals surface area contributed by atoms with Crippen LogP contribution in [0, 0.1) is 6.92 Å². The van der Waals surface area contributed by atoms with Crippen molar-refractivity contribution in [3.8, 4) is 11.3 Å². The quantitative estimate of drug-likeness (QED) is 0.786. The lowest BCUT2D eigenvalue weighted by molar-refractivity contribution is -0.120. The minimum atomic E-state index is -0.537. The SMILES string of the molecule is CCNC(=O)NC(=O)C(C)Nc1cccc(-c2csc(C)n2)c1. The number of nitrogens with zero attached hydrogens (tertiary/aromatic N) is 1. The van der Waals surface area contributed by atoms with Crippen molar-refractivity contribution in [1.82, 2.24) is 15.6 Å². The fraction of sp³-hybridized carbons (Fsp3) is 0.312. The summed E-state index contributed by atoms with van der Waals surface area (Å²) in [7, 11) is 0. The van der Waals surface area contributed by atoms with E-state index in [2.05, 4.69) is 20.9 Å². The molecule has 1 unspecified atom stereocenters. The van der Waals surface area contributed by atoms with E-state index in [1.54, 1.807) is 25.2 Å².